The summed E-state index contributed by atoms with van der Waals surface area (Å²) in [4.78, 5) is 23.6. The average molecular weight is 298 g/mol. The maximum absolute atomic E-state index is 11.7. The number of hydrogen-bond donors (Lipinski definition) is 1. The fourth-order valence-corrected chi connectivity index (χ4v) is 2.83. The Bertz CT molecular complexity index is 702. The minimum atomic E-state index is -0.0667. The van der Waals surface area contributed by atoms with Gasteiger partial charge in [-0.2, -0.15) is 0 Å². The quantitative estimate of drug-likeness (QED) is 0.941. The van der Waals surface area contributed by atoms with Crippen molar-refractivity contribution in [3.63, 3.8) is 0 Å². The topological polar surface area (TPSA) is 52.2 Å². The Morgan fingerprint density at radius 1 is 1.14 bits per heavy atom. The SMILES string of the molecule is CCc1cc(=O)[nH]c(N2CCN(c3cccc(C)c3)CC2)n1. The van der Waals surface area contributed by atoms with E-state index in [0.717, 1.165) is 38.3 Å². The zero-order chi connectivity index (χ0) is 15.5. The van der Waals surface area contributed by atoms with Crippen molar-refractivity contribution in [2.75, 3.05) is 36.0 Å². The van der Waals surface area contributed by atoms with Crippen LogP contribution in [0.2, 0.25) is 0 Å². The molecule has 116 valence electrons. The third kappa shape index (κ3) is 3.13. The molecule has 0 saturated carbocycles. The molecular weight excluding hydrogens is 276 g/mol. The molecule has 0 aliphatic carbocycles. The molecule has 1 aromatic carbocycles. The second-order valence-corrected chi connectivity index (χ2v) is 5.73. The van der Waals surface area contributed by atoms with Gasteiger partial charge in [0.05, 0.1) is 0 Å². The van der Waals surface area contributed by atoms with Gasteiger partial charge >= 0.3 is 0 Å². The minimum Gasteiger partial charge on any atom is -0.368 e. The molecule has 22 heavy (non-hydrogen) atoms. The summed E-state index contributed by atoms with van der Waals surface area (Å²) in [7, 11) is 0. The molecule has 1 aliphatic heterocycles. The van der Waals surface area contributed by atoms with E-state index in [-0.39, 0.29) is 5.56 Å². The summed E-state index contributed by atoms with van der Waals surface area (Å²) in [5, 5.41) is 0. The van der Waals surface area contributed by atoms with Gasteiger partial charge in [0.1, 0.15) is 0 Å². The molecule has 0 atom stereocenters. The molecule has 1 aromatic heterocycles. The van der Waals surface area contributed by atoms with Crippen LogP contribution in [0.5, 0.6) is 0 Å². The molecule has 0 bridgehead atoms. The number of aromatic nitrogens is 2. The van der Waals surface area contributed by atoms with E-state index in [2.05, 4.69) is 51.0 Å². The fraction of sp³-hybridized carbons (Fsp3) is 0.412. The smallest absolute Gasteiger partial charge is 0.252 e. The van der Waals surface area contributed by atoms with Crippen LogP contribution in [0.25, 0.3) is 0 Å². The second kappa shape index (κ2) is 6.22. The summed E-state index contributed by atoms with van der Waals surface area (Å²) in [6.07, 6.45) is 0.778. The Labute approximate surface area is 130 Å². The summed E-state index contributed by atoms with van der Waals surface area (Å²) in [6.45, 7) is 7.73. The first kappa shape index (κ1) is 14.6. The van der Waals surface area contributed by atoms with E-state index in [4.69, 9.17) is 0 Å². The number of nitrogens with one attached hydrogen (secondary N) is 1. The molecule has 2 aromatic rings. The number of anilines is 2. The van der Waals surface area contributed by atoms with Crippen LogP contribution in [-0.4, -0.2) is 36.1 Å². The second-order valence-electron chi connectivity index (χ2n) is 5.73. The van der Waals surface area contributed by atoms with E-state index >= 15 is 0 Å². The highest BCUT2D eigenvalue weighted by molar-refractivity contribution is 5.50. The van der Waals surface area contributed by atoms with Crippen molar-refractivity contribution >= 4 is 11.6 Å². The zero-order valence-electron chi connectivity index (χ0n) is 13.2. The van der Waals surface area contributed by atoms with Crippen molar-refractivity contribution in [1.82, 2.24) is 9.97 Å². The number of aromatic amines is 1. The maximum Gasteiger partial charge on any atom is 0.252 e. The van der Waals surface area contributed by atoms with Gasteiger partial charge < -0.3 is 9.80 Å². The normalized spacial score (nSPS) is 15.2. The van der Waals surface area contributed by atoms with Gasteiger partial charge in [0.2, 0.25) is 5.95 Å². The Hall–Kier alpha value is -2.30. The Morgan fingerprint density at radius 3 is 2.55 bits per heavy atom. The lowest BCUT2D eigenvalue weighted by Gasteiger charge is -2.36. The lowest BCUT2D eigenvalue weighted by Crippen LogP contribution is -2.47. The van der Waals surface area contributed by atoms with Crippen LogP contribution in [0.15, 0.2) is 35.1 Å². The van der Waals surface area contributed by atoms with Gasteiger partial charge in [0.25, 0.3) is 5.56 Å². The summed E-state index contributed by atoms with van der Waals surface area (Å²) < 4.78 is 0. The van der Waals surface area contributed by atoms with E-state index in [9.17, 15) is 4.79 Å². The Morgan fingerprint density at radius 2 is 1.86 bits per heavy atom. The number of aryl methyl sites for hydroxylation is 2. The van der Waals surface area contributed by atoms with Crippen molar-refractivity contribution < 1.29 is 0 Å². The van der Waals surface area contributed by atoms with Crippen molar-refractivity contribution in [2.45, 2.75) is 20.3 Å². The van der Waals surface area contributed by atoms with Crippen LogP contribution < -0.4 is 15.4 Å². The van der Waals surface area contributed by atoms with Crippen molar-refractivity contribution in [3.05, 3.63) is 51.9 Å². The molecule has 0 spiro atoms. The largest absolute Gasteiger partial charge is 0.368 e. The molecule has 0 unspecified atom stereocenters. The molecule has 5 heteroatoms. The van der Waals surface area contributed by atoms with Crippen LogP contribution >= 0.6 is 0 Å². The van der Waals surface area contributed by atoms with Crippen molar-refractivity contribution in [3.8, 4) is 0 Å². The highest BCUT2D eigenvalue weighted by Crippen LogP contribution is 2.19. The monoisotopic (exact) mass is 298 g/mol. The molecule has 1 aliphatic rings. The van der Waals surface area contributed by atoms with Crippen molar-refractivity contribution in [1.29, 1.82) is 0 Å². The van der Waals surface area contributed by atoms with E-state index in [0.29, 0.717) is 5.95 Å². The van der Waals surface area contributed by atoms with Crippen LogP contribution in [0.4, 0.5) is 11.6 Å². The van der Waals surface area contributed by atoms with Gasteiger partial charge in [-0.25, -0.2) is 4.98 Å². The third-order valence-electron chi connectivity index (χ3n) is 4.09. The number of H-pyrrole nitrogens is 1. The van der Waals surface area contributed by atoms with Crippen LogP contribution in [0.1, 0.15) is 18.2 Å². The predicted molar refractivity (Wildman–Crippen MR) is 89.8 cm³/mol. The lowest BCUT2D eigenvalue weighted by atomic mass is 10.2. The molecule has 1 saturated heterocycles. The number of benzene rings is 1. The minimum absolute atomic E-state index is 0.0667. The first-order valence-corrected chi connectivity index (χ1v) is 7.82. The number of piperazine rings is 1. The number of rotatable bonds is 3. The summed E-state index contributed by atoms with van der Waals surface area (Å²) in [5.74, 6) is 0.702. The zero-order valence-corrected chi connectivity index (χ0v) is 13.2. The van der Waals surface area contributed by atoms with Gasteiger partial charge in [-0.3, -0.25) is 9.78 Å². The summed E-state index contributed by atoms with van der Waals surface area (Å²) >= 11 is 0. The fourth-order valence-electron chi connectivity index (χ4n) is 2.83. The Balaban J connectivity index is 1.72. The highest BCUT2D eigenvalue weighted by Gasteiger charge is 2.19. The van der Waals surface area contributed by atoms with Gasteiger partial charge in [-0.05, 0) is 31.0 Å². The first-order chi connectivity index (χ1) is 10.7. The van der Waals surface area contributed by atoms with E-state index in [1.165, 1.54) is 11.3 Å². The van der Waals surface area contributed by atoms with E-state index in [1.807, 2.05) is 6.92 Å². The molecule has 0 amide bonds. The maximum atomic E-state index is 11.7. The highest BCUT2D eigenvalue weighted by atomic mass is 16.1. The van der Waals surface area contributed by atoms with Gasteiger partial charge in [-0.1, -0.05) is 19.1 Å². The number of hydrogen-bond acceptors (Lipinski definition) is 4. The molecule has 3 rings (SSSR count). The number of nitrogens with zero attached hydrogens (tertiary/aromatic N) is 3. The van der Waals surface area contributed by atoms with Crippen LogP contribution in [-0.2, 0) is 6.42 Å². The first-order valence-electron chi connectivity index (χ1n) is 7.82. The Kier molecular flexibility index (Phi) is 4.13. The summed E-state index contributed by atoms with van der Waals surface area (Å²) in [5.41, 5.74) is 3.33. The molecule has 5 nitrogen and oxygen atoms in total. The predicted octanol–water partition coefficient (Wildman–Crippen LogP) is 1.97. The molecule has 2 heterocycles. The van der Waals surface area contributed by atoms with Gasteiger partial charge in [0, 0.05) is 43.6 Å². The lowest BCUT2D eigenvalue weighted by molar-refractivity contribution is 0.637. The van der Waals surface area contributed by atoms with Gasteiger partial charge in [0.15, 0.2) is 0 Å². The average Bonchev–Trinajstić information content (AvgIpc) is 2.54. The van der Waals surface area contributed by atoms with Gasteiger partial charge in [-0.15, -0.1) is 0 Å². The molecule has 0 radical (unpaired) electrons. The summed E-state index contributed by atoms with van der Waals surface area (Å²) in [6, 6.07) is 10.2. The van der Waals surface area contributed by atoms with Crippen LogP contribution in [0.3, 0.4) is 0 Å². The van der Waals surface area contributed by atoms with E-state index < -0.39 is 0 Å². The third-order valence-corrected chi connectivity index (χ3v) is 4.09. The standard InChI is InChI=1S/C17H22N4O/c1-3-14-12-16(22)19-17(18-14)21-9-7-20(8-10-21)15-6-4-5-13(2)11-15/h4-6,11-12H,3,7-10H2,1-2H3,(H,18,19,22). The van der Waals surface area contributed by atoms with E-state index in [1.54, 1.807) is 6.07 Å². The molecule has 1 fully saturated rings. The van der Waals surface area contributed by atoms with Crippen LogP contribution in [0, 0.1) is 6.92 Å². The van der Waals surface area contributed by atoms with Crippen molar-refractivity contribution in [2.24, 2.45) is 0 Å². The molecule has 1 N–H and O–H groups in total. The molecular formula is C17H22N4O.